The van der Waals surface area contributed by atoms with Crippen molar-refractivity contribution >= 4 is 34.2 Å². The van der Waals surface area contributed by atoms with Crippen LogP contribution >= 0.6 is 23.2 Å². The molecule has 0 saturated heterocycles. The smallest absolute Gasteiger partial charge is 0.115 e. The summed E-state index contributed by atoms with van der Waals surface area (Å²) in [5.41, 5.74) is 2.86. The maximum atomic E-state index is 6.07. The van der Waals surface area contributed by atoms with E-state index in [2.05, 4.69) is 14.5 Å². The van der Waals surface area contributed by atoms with E-state index in [0.29, 0.717) is 17.3 Å². The van der Waals surface area contributed by atoms with Gasteiger partial charge in [-0.2, -0.15) is 0 Å². The number of aromatic nitrogens is 3. The van der Waals surface area contributed by atoms with Crippen LogP contribution in [0, 0.1) is 0 Å². The Morgan fingerprint density at radius 3 is 2.89 bits per heavy atom. The summed E-state index contributed by atoms with van der Waals surface area (Å²) >= 11 is 11.9. The van der Waals surface area contributed by atoms with Crippen molar-refractivity contribution in [1.29, 1.82) is 0 Å². The maximum absolute atomic E-state index is 6.07. The molecule has 0 spiro atoms. The van der Waals surface area contributed by atoms with Crippen LogP contribution in [0.3, 0.4) is 0 Å². The van der Waals surface area contributed by atoms with Crippen LogP contribution in [0.25, 0.3) is 16.7 Å². The number of hydrogen-bond acceptors (Lipinski definition) is 2. The van der Waals surface area contributed by atoms with Crippen LogP contribution in [0.2, 0.25) is 5.02 Å². The minimum Gasteiger partial charge on any atom is -0.296 e. The van der Waals surface area contributed by atoms with E-state index >= 15 is 0 Å². The number of hydrogen-bond donors (Lipinski definition) is 0. The monoisotopic (exact) mass is 291 g/mol. The molecule has 5 heteroatoms. The topological polar surface area (TPSA) is 30.7 Å². The normalized spacial score (nSPS) is 11.1. The van der Waals surface area contributed by atoms with Crippen molar-refractivity contribution in [2.45, 2.75) is 6.42 Å². The Balaban J connectivity index is 2.28. The van der Waals surface area contributed by atoms with E-state index in [9.17, 15) is 0 Å². The zero-order chi connectivity index (χ0) is 13.2. The molecule has 0 fully saturated rings. The summed E-state index contributed by atoms with van der Waals surface area (Å²) in [6.45, 7) is 0. The Morgan fingerprint density at radius 2 is 2.11 bits per heavy atom. The maximum Gasteiger partial charge on any atom is 0.115 e. The molecule has 0 saturated carbocycles. The summed E-state index contributed by atoms with van der Waals surface area (Å²) in [4.78, 5) is 8.69. The quantitative estimate of drug-likeness (QED) is 0.686. The largest absolute Gasteiger partial charge is 0.296 e. The van der Waals surface area contributed by atoms with E-state index in [-0.39, 0.29) is 0 Å². The number of rotatable bonds is 3. The molecule has 1 aromatic carbocycles. The fraction of sp³-hybridized carbons (Fsp3) is 0.143. The van der Waals surface area contributed by atoms with Crippen molar-refractivity contribution in [2.75, 3.05) is 5.88 Å². The van der Waals surface area contributed by atoms with Crippen molar-refractivity contribution in [3.8, 4) is 5.69 Å². The Kier molecular flexibility index (Phi) is 3.40. The van der Waals surface area contributed by atoms with E-state index in [0.717, 1.165) is 22.5 Å². The molecule has 0 aliphatic heterocycles. The number of pyridine rings is 1. The van der Waals surface area contributed by atoms with Crippen molar-refractivity contribution in [1.82, 2.24) is 14.5 Å². The van der Waals surface area contributed by atoms with Gasteiger partial charge in [-0.05, 0) is 24.3 Å². The Bertz CT molecular complexity index is 722. The first-order chi connectivity index (χ1) is 9.29. The highest BCUT2D eigenvalue weighted by atomic mass is 35.5. The zero-order valence-corrected chi connectivity index (χ0v) is 11.6. The van der Waals surface area contributed by atoms with Gasteiger partial charge < -0.3 is 0 Å². The lowest BCUT2D eigenvalue weighted by molar-refractivity contribution is 0.912. The summed E-state index contributed by atoms with van der Waals surface area (Å²) in [7, 11) is 0. The number of benzene rings is 1. The van der Waals surface area contributed by atoms with Crippen molar-refractivity contribution < 1.29 is 0 Å². The highest BCUT2D eigenvalue weighted by molar-refractivity contribution is 6.30. The molecule has 0 unspecified atom stereocenters. The molecular weight excluding hydrogens is 281 g/mol. The molecule has 0 bridgehead atoms. The van der Waals surface area contributed by atoms with Crippen LogP contribution in [-0.2, 0) is 6.42 Å². The summed E-state index contributed by atoms with van der Waals surface area (Å²) in [5.74, 6) is 1.44. The van der Waals surface area contributed by atoms with Gasteiger partial charge in [0, 0.05) is 29.2 Å². The minimum absolute atomic E-state index is 0.525. The Morgan fingerprint density at radius 1 is 1.21 bits per heavy atom. The summed E-state index contributed by atoms with van der Waals surface area (Å²) < 4.78 is 2.07. The van der Waals surface area contributed by atoms with Crippen LogP contribution in [0.15, 0.2) is 42.7 Å². The summed E-state index contributed by atoms with van der Waals surface area (Å²) in [6, 6.07) is 9.65. The fourth-order valence-corrected chi connectivity index (χ4v) is 2.49. The standard InChI is InChI=1S/C14H11Cl2N3/c15-6-4-14-18-12-9-17-7-5-13(12)19(14)11-3-1-2-10(16)8-11/h1-3,5,7-9H,4,6H2. The van der Waals surface area contributed by atoms with Gasteiger partial charge in [-0.3, -0.25) is 9.55 Å². The molecule has 2 aromatic heterocycles. The SMILES string of the molecule is ClCCc1nc2cnccc2n1-c1cccc(Cl)c1. The molecule has 3 aromatic rings. The summed E-state index contributed by atoms with van der Waals surface area (Å²) in [5, 5.41) is 0.699. The summed E-state index contributed by atoms with van der Waals surface area (Å²) in [6.07, 6.45) is 4.21. The van der Waals surface area contributed by atoms with Crippen LogP contribution < -0.4 is 0 Å². The molecule has 0 amide bonds. The van der Waals surface area contributed by atoms with E-state index in [1.165, 1.54) is 0 Å². The van der Waals surface area contributed by atoms with E-state index in [4.69, 9.17) is 23.2 Å². The van der Waals surface area contributed by atoms with Gasteiger partial charge in [0.05, 0.1) is 11.7 Å². The third-order valence-electron chi connectivity index (χ3n) is 2.91. The molecule has 3 nitrogen and oxygen atoms in total. The second kappa shape index (κ2) is 5.19. The van der Waals surface area contributed by atoms with Gasteiger partial charge in [0.1, 0.15) is 11.3 Å². The van der Waals surface area contributed by atoms with Gasteiger partial charge in [0.15, 0.2) is 0 Å². The Labute approximate surface area is 120 Å². The molecule has 3 rings (SSSR count). The second-order valence-electron chi connectivity index (χ2n) is 4.15. The van der Waals surface area contributed by atoms with Gasteiger partial charge >= 0.3 is 0 Å². The number of halogens is 2. The molecule has 0 N–H and O–H groups in total. The number of aryl methyl sites for hydroxylation is 1. The van der Waals surface area contributed by atoms with Crippen LogP contribution in [0.1, 0.15) is 5.82 Å². The first kappa shape index (κ1) is 12.5. The second-order valence-corrected chi connectivity index (χ2v) is 4.96. The van der Waals surface area contributed by atoms with E-state index in [1.807, 2.05) is 30.3 Å². The van der Waals surface area contributed by atoms with Crippen LogP contribution in [0.4, 0.5) is 0 Å². The van der Waals surface area contributed by atoms with Gasteiger partial charge in [0.25, 0.3) is 0 Å². The molecular formula is C14H11Cl2N3. The lowest BCUT2D eigenvalue weighted by Crippen LogP contribution is -2.02. The van der Waals surface area contributed by atoms with E-state index in [1.54, 1.807) is 12.4 Å². The number of imidazole rings is 1. The van der Waals surface area contributed by atoms with Gasteiger partial charge in [-0.25, -0.2) is 4.98 Å². The highest BCUT2D eigenvalue weighted by Gasteiger charge is 2.12. The lowest BCUT2D eigenvalue weighted by Gasteiger charge is -2.08. The Hall–Kier alpha value is -1.58. The fourth-order valence-electron chi connectivity index (χ4n) is 2.14. The predicted octanol–water partition coefficient (Wildman–Crippen LogP) is 3.86. The van der Waals surface area contributed by atoms with Crippen molar-refractivity contribution in [2.24, 2.45) is 0 Å². The van der Waals surface area contributed by atoms with E-state index < -0.39 is 0 Å². The third-order valence-corrected chi connectivity index (χ3v) is 3.33. The first-order valence-corrected chi connectivity index (χ1v) is 6.84. The van der Waals surface area contributed by atoms with Crippen LogP contribution in [-0.4, -0.2) is 20.4 Å². The van der Waals surface area contributed by atoms with Crippen LogP contribution in [0.5, 0.6) is 0 Å². The highest BCUT2D eigenvalue weighted by Crippen LogP contribution is 2.23. The predicted molar refractivity (Wildman–Crippen MR) is 78.3 cm³/mol. The minimum atomic E-state index is 0.525. The van der Waals surface area contributed by atoms with Gasteiger partial charge in [0.2, 0.25) is 0 Å². The molecule has 0 radical (unpaired) electrons. The average Bonchev–Trinajstić information content (AvgIpc) is 2.77. The molecule has 19 heavy (non-hydrogen) atoms. The third kappa shape index (κ3) is 2.31. The van der Waals surface area contributed by atoms with Crippen molar-refractivity contribution in [3.63, 3.8) is 0 Å². The molecule has 0 aliphatic carbocycles. The van der Waals surface area contributed by atoms with Gasteiger partial charge in [-0.1, -0.05) is 17.7 Å². The molecule has 2 heterocycles. The average molecular weight is 292 g/mol. The number of nitrogens with zero attached hydrogens (tertiary/aromatic N) is 3. The number of fused-ring (bicyclic) bond motifs is 1. The van der Waals surface area contributed by atoms with Crippen molar-refractivity contribution in [3.05, 3.63) is 53.6 Å². The van der Waals surface area contributed by atoms with Gasteiger partial charge in [-0.15, -0.1) is 11.6 Å². The lowest BCUT2D eigenvalue weighted by atomic mass is 10.3. The molecule has 0 aliphatic rings. The first-order valence-electron chi connectivity index (χ1n) is 5.93. The number of alkyl halides is 1. The molecule has 0 atom stereocenters. The zero-order valence-electron chi connectivity index (χ0n) is 10.1. The molecule has 96 valence electrons.